The highest BCUT2D eigenvalue weighted by Gasteiger charge is 2.24. The molecule has 8 heteroatoms. The van der Waals surface area contributed by atoms with Crippen LogP contribution in [0.5, 0.6) is 0 Å². The molecule has 0 heterocycles. The second kappa shape index (κ2) is 7.32. The molecule has 0 bridgehead atoms. The average molecular weight is 281 g/mol. The van der Waals surface area contributed by atoms with Crippen molar-refractivity contribution >= 4 is 21.7 Å². The Balaban J connectivity index is 4.35. The minimum atomic E-state index is -3.45. The molecule has 0 radical (unpaired) electrons. The normalized spacial score (nSPS) is 14.8. The summed E-state index contributed by atoms with van der Waals surface area (Å²) in [6.45, 7) is 3.27. The van der Waals surface area contributed by atoms with E-state index in [4.69, 9.17) is 9.84 Å². The van der Waals surface area contributed by atoms with Gasteiger partial charge in [0.05, 0.1) is 12.5 Å². The Hall–Kier alpha value is -1.15. The van der Waals surface area contributed by atoms with Crippen molar-refractivity contribution in [2.45, 2.75) is 31.6 Å². The van der Waals surface area contributed by atoms with E-state index in [1.807, 2.05) is 0 Å². The number of sulfone groups is 1. The molecule has 1 amide bonds. The number of hydrogen-bond donors (Lipinski definition) is 2. The Bertz CT molecular complexity index is 391. The standard InChI is InChI=1S/C10H19NO6S/c1-4-17-8(5-9(12)13)6-11-10(14)7(2)18(3,15)16/h7-8H,4-6H2,1-3H3,(H,11,14)(H,12,13). The van der Waals surface area contributed by atoms with Gasteiger partial charge in [0.25, 0.3) is 0 Å². The molecule has 0 saturated heterocycles. The molecular weight excluding hydrogens is 262 g/mol. The first-order chi connectivity index (χ1) is 8.18. The van der Waals surface area contributed by atoms with E-state index in [1.165, 1.54) is 6.92 Å². The number of hydrogen-bond acceptors (Lipinski definition) is 5. The van der Waals surface area contributed by atoms with E-state index in [0.29, 0.717) is 6.61 Å². The van der Waals surface area contributed by atoms with Crippen molar-refractivity contribution in [2.24, 2.45) is 0 Å². The van der Waals surface area contributed by atoms with Gasteiger partial charge in [-0.2, -0.15) is 0 Å². The molecule has 106 valence electrons. The van der Waals surface area contributed by atoms with Crippen LogP contribution < -0.4 is 5.32 Å². The third-order valence-corrected chi connectivity index (χ3v) is 3.82. The van der Waals surface area contributed by atoms with Gasteiger partial charge in [0.2, 0.25) is 5.91 Å². The Kier molecular flexibility index (Phi) is 6.85. The molecule has 7 nitrogen and oxygen atoms in total. The molecule has 0 aliphatic carbocycles. The molecule has 0 aromatic rings. The van der Waals surface area contributed by atoms with Gasteiger partial charge in [-0.05, 0) is 13.8 Å². The monoisotopic (exact) mass is 281 g/mol. The van der Waals surface area contributed by atoms with Crippen LogP contribution in [0.4, 0.5) is 0 Å². The first-order valence-electron chi connectivity index (χ1n) is 5.48. The summed E-state index contributed by atoms with van der Waals surface area (Å²) in [7, 11) is -3.45. The Morgan fingerprint density at radius 3 is 2.33 bits per heavy atom. The second-order valence-corrected chi connectivity index (χ2v) is 6.26. The van der Waals surface area contributed by atoms with Crippen molar-refractivity contribution in [3.63, 3.8) is 0 Å². The van der Waals surface area contributed by atoms with Gasteiger partial charge in [0.1, 0.15) is 5.25 Å². The largest absolute Gasteiger partial charge is 0.481 e. The molecule has 0 aliphatic heterocycles. The van der Waals surface area contributed by atoms with E-state index in [-0.39, 0.29) is 13.0 Å². The summed E-state index contributed by atoms with van der Waals surface area (Å²) in [6, 6.07) is 0. The molecule has 2 atom stereocenters. The van der Waals surface area contributed by atoms with Gasteiger partial charge in [-0.1, -0.05) is 0 Å². The van der Waals surface area contributed by atoms with E-state index >= 15 is 0 Å². The van der Waals surface area contributed by atoms with E-state index in [9.17, 15) is 18.0 Å². The minimum absolute atomic E-state index is 0.0289. The van der Waals surface area contributed by atoms with Crippen LogP contribution in [0.1, 0.15) is 20.3 Å². The van der Waals surface area contributed by atoms with Crippen LogP contribution in [-0.4, -0.2) is 56.2 Å². The molecule has 18 heavy (non-hydrogen) atoms. The maximum Gasteiger partial charge on any atom is 0.306 e. The zero-order valence-electron chi connectivity index (χ0n) is 10.7. The van der Waals surface area contributed by atoms with Gasteiger partial charge in [0.15, 0.2) is 9.84 Å². The highest BCUT2D eigenvalue weighted by molar-refractivity contribution is 7.92. The predicted molar refractivity (Wildman–Crippen MR) is 65.0 cm³/mol. The first kappa shape index (κ1) is 16.9. The summed E-state index contributed by atoms with van der Waals surface area (Å²) >= 11 is 0. The van der Waals surface area contributed by atoms with Crippen molar-refractivity contribution in [1.82, 2.24) is 5.32 Å². The van der Waals surface area contributed by atoms with Crippen LogP contribution in [0.3, 0.4) is 0 Å². The zero-order chi connectivity index (χ0) is 14.3. The van der Waals surface area contributed by atoms with Crippen LogP contribution >= 0.6 is 0 Å². The van der Waals surface area contributed by atoms with Crippen molar-refractivity contribution in [3.05, 3.63) is 0 Å². The van der Waals surface area contributed by atoms with Crippen molar-refractivity contribution in [2.75, 3.05) is 19.4 Å². The van der Waals surface area contributed by atoms with Crippen LogP contribution in [0, 0.1) is 0 Å². The molecule has 0 aromatic heterocycles. The van der Waals surface area contributed by atoms with Crippen LogP contribution in [-0.2, 0) is 24.2 Å². The molecule has 2 unspecified atom stereocenters. The fraction of sp³-hybridized carbons (Fsp3) is 0.800. The molecule has 0 fully saturated rings. The smallest absolute Gasteiger partial charge is 0.306 e. The number of rotatable bonds is 8. The van der Waals surface area contributed by atoms with Gasteiger partial charge in [-0.15, -0.1) is 0 Å². The Morgan fingerprint density at radius 2 is 1.94 bits per heavy atom. The second-order valence-electron chi connectivity index (χ2n) is 3.89. The van der Waals surface area contributed by atoms with Crippen molar-refractivity contribution in [3.8, 4) is 0 Å². The zero-order valence-corrected chi connectivity index (χ0v) is 11.5. The molecule has 0 aromatic carbocycles. The number of carbonyl (C=O) groups is 2. The lowest BCUT2D eigenvalue weighted by Crippen LogP contribution is -2.42. The molecular formula is C10H19NO6S. The number of amides is 1. The lowest BCUT2D eigenvalue weighted by molar-refractivity contribution is -0.140. The number of aliphatic carboxylic acids is 1. The molecule has 0 rings (SSSR count). The van der Waals surface area contributed by atoms with E-state index in [0.717, 1.165) is 6.26 Å². The summed E-state index contributed by atoms with van der Waals surface area (Å²) < 4.78 is 27.4. The molecule has 0 spiro atoms. The van der Waals surface area contributed by atoms with E-state index in [2.05, 4.69) is 5.32 Å². The fourth-order valence-corrected chi connectivity index (χ4v) is 1.65. The van der Waals surface area contributed by atoms with E-state index < -0.39 is 33.1 Å². The molecule has 0 saturated carbocycles. The number of ether oxygens (including phenoxy) is 1. The maximum absolute atomic E-state index is 11.5. The summed E-state index contributed by atoms with van der Waals surface area (Å²) in [6.07, 6.45) is 0.0545. The van der Waals surface area contributed by atoms with Gasteiger partial charge in [0, 0.05) is 19.4 Å². The maximum atomic E-state index is 11.5. The average Bonchev–Trinajstić information content (AvgIpc) is 2.22. The lowest BCUT2D eigenvalue weighted by Gasteiger charge is -2.17. The van der Waals surface area contributed by atoms with Gasteiger partial charge < -0.3 is 15.2 Å². The summed E-state index contributed by atoms with van der Waals surface area (Å²) in [5.74, 6) is -1.70. The van der Waals surface area contributed by atoms with Crippen molar-refractivity contribution < 1.29 is 27.9 Å². The first-order valence-corrected chi connectivity index (χ1v) is 7.43. The Morgan fingerprint density at radius 1 is 1.39 bits per heavy atom. The third kappa shape index (κ3) is 6.55. The predicted octanol–water partition coefficient (Wildman–Crippen LogP) is -0.584. The minimum Gasteiger partial charge on any atom is -0.481 e. The number of carboxylic acid groups (broad SMARTS) is 1. The number of nitrogens with one attached hydrogen (secondary N) is 1. The van der Waals surface area contributed by atoms with Crippen LogP contribution in [0.2, 0.25) is 0 Å². The quantitative estimate of drug-likeness (QED) is 0.615. The Labute approximate surface area is 106 Å². The van der Waals surface area contributed by atoms with E-state index in [1.54, 1.807) is 6.92 Å². The third-order valence-electron chi connectivity index (χ3n) is 2.32. The number of carboxylic acids is 1. The highest BCUT2D eigenvalue weighted by atomic mass is 32.2. The number of carbonyl (C=O) groups excluding carboxylic acids is 1. The molecule has 0 aliphatic rings. The summed E-state index contributed by atoms with van der Waals surface area (Å²) in [4.78, 5) is 22.0. The molecule has 2 N–H and O–H groups in total. The van der Waals surface area contributed by atoms with Crippen molar-refractivity contribution in [1.29, 1.82) is 0 Å². The van der Waals surface area contributed by atoms with Crippen LogP contribution in [0.15, 0.2) is 0 Å². The van der Waals surface area contributed by atoms with Crippen LogP contribution in [0.25, 0.3) is 0 Å². The fourth-order valence-electron chi connectivity index (χ4n) is 1.17. The highest BCUT2D eigenvalue weighted by Crippen LogP contribution is 2.00. The summed E-state index contributed by atoms with van der Waals surface area (Å²) in [5.41, 5.74) is 0. The van der Waals surface area contributed by atoms with Gasteiger partial charge >= 0.3 is 5.97 Å². The van der Waals surface area contributed by atoms with Gasteiger partial charge in [-0.25, -0.2) is 8.42 Å². The summed E-state index contributed by atoms with van der Waals surface area (Å²) in [5, 5.41) is 9.84. The SMILES string of the molecule is CCOC(CNC(=O)C(C)S(C)(=O)=O)CC(=O)O. The van der Waals surface area contributed by atoms with Gasteiger partial charge in [-0.3, -0.25) is 9.59 Å². The lowest BCUT2D eigenvalue weighted by atomic mass is 10.2. The topological polar surface area (TPSA) is 110 Å².